The normalized spacial score (nSPS) is 10.5. The fourth-order valence-corrected chi connectivity index (χ4v) is 2.74. The number of nitrogens with zero attached hydrogens (tertiary/aromatic N) is 1. The minimum absolute atomic E-state index is 0.614. The summed E-state index contributed by atoms with van der Waals surface area (Å²) in [6, 6.07) is 14.0. The molecule has 1 aromatic heterocycles. The summed E-state index contributed by atoms with van der Waals surface area (Å²) in [5, 5.41) is 8.84. The largest absolute Gasteiger partial charge is 0.497 e. The molecule has 5 heteroatoms. The van der Waals surface area contributed by atoms with Crippen LogP contribution in [0.5, 0.6) is 11.5 Å². The lowest BCUT2D eigenvalue weighted by atomic mass is 10.1. The molecule has 0 saturated heterocycles. The summed E-state index contributed by atoms with van der Waals surface area (Å²) >= 11 is 0. The maximum absolute atomic E-state index is 5.45. The topological polar surface area (TPSA) is 55.4 Å². The number of anilines is 2. The van der Waals surface area contributed by atoms with Gasteiger partial charge in [0.25, 0.3) is 0 Å². The molecule has 0 fully saturated rings. The molecule has 3 rings (SSSR count). The Morgan fingerprint density at radius 3 is 2.62 bits per heavy atom. The maximum atomic E-state index is 5.45. The molecule has 2 N–H and O–H groups in total. The number of rotatable bonds is 6. The van der Waals surface area contributed by atoms with E-state index >= 15 is 0 Å². The molecular formula is C19H21N3O2. The predicted molar refractivity (Wildman–Crippen MR) is 98.2 cm³/mol. The van der Waals surface area contributed by atoms with Crippen molar-refractivity contribution in [2.24, 2.45) is 0 Å². The van der Waals surface area contributed by atoms with Crippen molar-refractivity contribution in [2.45, 2.75) is 6.54 Å². The van der Waals surface area contributed by atoms with E-state index < -0.39 is 0 Å². The highest BCUT2D eigenvalue weighted by Crippen LogP contribution is 2.29. The van der Waals surface area contributed by atoms with Crippen molar-refractivity contribution in [1.82, 2.24) is 4.98 Å². The van der Waals surface area contributed by atoms with Crippen LogP contribution in [-0.2, 0) is 6.54 Å². The van der Waals surface area contributed by atoms with E-state index in [0.29, 0.717) is 6.54 Å². The third kappa shape index (κ3) is 3.06. The van der Waals surface area contributed by atoms with Crippen LogP contribution in [0, 0.1) is 0 Å². The standard InChI is InChI=1S/C19H21N3O2/c1-20-17-6-4-5-16-15(17)9-10-21-19(16)22-12-13-7-8-14(23-2)11-18(13)24-3/h4-11,20H,12H2,1-3H3,(H,21,22). The summed E-state index contributed by atoms with van der Waals surface area (Å²) < 4.78 is 10.7. The average molecular weight is 323 g/mol. The Balaban J connectivity index is 1.89. The van der Waals surface area contributed by atoms with Gasteiger partial charge in [0.1, 0.15) is 17.3 Å². The SMILES string of the molecule is CNc1cccc2c(NCc3ccc(OC)cc3OC)nccc12. The summed E-state index contributed by atoms with van der Waals surface area (Å²) in [5.41, 5.74) is 2.13. The van der Waals surface area contributed by atoms with Gasteiger partial charge in [0.2, 0.25) is 0 Å². The number of fused-ring (bicyclic) bond motifs is 1. The molecule has 24 heavy (non-hydrogen) atoms. The smallest absolute Gasteiger partial charge is 0.134 e. The lowest BCUT2D eigenvalue weighted by Gasteiger charge is -2.13. The second-order valence-corrected chi connectivity index (χ2v) is 5.34. The molecule has 0 unspecified atom stereocenters. The van der Waals surface area contributed by atoms with Crippen LogP contribution in [0.15, 0.2) is 48.7 Å². The molecule has 124 valence electrons. The Morgan fingerprint density at radius 1 is 1.00 bits per heavy atom. The van der Waals surface area contributed by atoms with Crippen LogP contribution in [0.4, 0.5) is 11.5 Å². The molecule has 0 amide bonds. The molecule has 0 bridgehead atoms. The molecule has 1 heterocycles. The van der Waals surface area contributed by atoms with Crippen LogP contribution in [0.25, 0.3) is 10.8 Å². The number of benzene rings is 2. The van der Waals surface area contributed by atoms with Crippen molar-refractivity contribution in [1.29, 1.82) is 0 Å². The lowest BCUT2D eigenvalue weighted by molar-refractivity contribution is 0.391. The quantitative estimate of drug-likeness (QED) is 0.720. The fourth-order valence-electron chi connectivity index (χ4n) is 2.74. The monoisotopic (exact) mass is 323 g/mol. The van der Waals surface area contributed by atoms with Crippen molar-refractivity contribution in [3.05, 3.63) is 54.2 Å². The molecule has 0 aliphatic rings. The van der Waals surface area contributed by atoms with Gasteiger partial charge in [-0.05, 0) is 24.3 Å². The van der Waals surface area contributed by atoms with Crippen LogP contribution in [0.1, 0.15) is 5.56 Å². The van der Waals surface area contributed by atoms with Gasteiger partial charge in [-0.25, -0.2) is 4.98 Å². The van der Waals surface area contributed by atoms with Crippen LogP contribution in [-0.4, -0.2) is 26.3 Å². The Morgan fingerprint density at radius 2 is 1.88 bits per heavy atom. The Kier molecular flexibility index (Phi) is 4.70. The summed E-state index contributed by atoms with van der Waals surface area (Å²) in [6.45, 7) is 0.614. The number of hydrogen-bond acceptors (Lipinski definition) is 5. The lowest BCUT2D eigenvalue weighted by Crippen LogP contribution is -2.04. The van der Waals surface area contributed by atoms with E-state index in [0.717, 1.165) is 39.3 Å². The zero-order valence-electron chi connectivity index (χ0n) is 14.1. The Labute approximate surface area is 141 Å². The highest BCUT2D eigenvalue weighted by atomic mass is 16.5. The van der Waals surface area contributed by atoms with Gasteiger partial charge in [-0.2, -0.15) is 0 Å². The molecule has 0 radical (unpaired) electrons. The van der Waals surface area contributed by atoms with Crippen LogP contribution < -0.4 is 20.1 Å². The zero-order chi connectivity index (χ0) is 16.9. The first-order chi connectivity index (χ1) is 11.8. The molecule has 0 spiro atoms. The first-order valence-electron chi connectivity index (χ1n) is 7.77. The van der Waals surface area contributed by atoms with Gasteiger partial charge in [-0.1, -0.05) is 12.1 Å². The molecule has 3 aromatic rings. The van der Waals surface area contributed by atoms with Gasteiger partial charge in [0.05, 0.1) is 14.2 Å². The number of aromatic nitrogens is 1. The highest BCUT2D eigenvalue weighted by molar-refractivity contribution is 5.99. The van der Waals surface area contributed by atoms with Crippen molar-refractivity contribution in [3.8, 4) is 11.5 Å². The second-order valence-electron chi connectivity index (χ2n) is 5.34. The van der Waals surface area contributed by atoms with Crippen molar-refractivity contribution >= 4 is 22.3 Å². The number of hydrogen-bond donors (Lipinski definition) is 2. The van der Waals surface area contributed by atoms with Gasteiger partial charge >= 0.3 is 0 Å². The van der Waals surface area contributed by atoms with Gasteiger partial charge < -0.3 is 20.1 Å². The van der Waals surface area contributed by atoms with Gasteiger partial charge in [0.15, 0.2) is 0 Å². The summed E-state index contributed by atoms with van der Waals surface area (Å²) in [4.78, 5) is 4.48. The molecule has 2 aromatic carbocycles. The zero-order valence-corrected chi connectivity index (χ0v) is 14.1. The van der Waals surface area contributed by atoms with E-state index in [4.69, 9.17) is 9.47 Å². The molecular weight excluding hydrogens is 302 g/mol. The van der Waals surface area contributed by atoms with Crippen LogP contribution in [0.3, 0.4) is 0 Å². The Hall–Kier alpha value is -2.95. The minimum atomic E-state index is 0.614. The van der Waals surface area contributed by atoms with Gasteiger partial charge in [0, 0.05) is 47.9 Å². The van der Waals surface area contributed by atoms with Gasteiger partial charge in [-0.3, -0.25) is 0 Å². The number of ether oxygens (including phenoxy) is 2. The molecule has 0 aliphatic carbocycles. The second kappa shape index (κ2) is 7.08. The van der Waals surface area contributed by atoms with E-state index in [-0.39, 0.29) is 0 Å². The first-order valence-corrected chi connectivity index (χ1v) is 7.77. The predicted octanol–water partition coefficient (Wildman–Crippen LogP) is 3.91. The van der Waals surface area contributed by atoms with Crippen molar-refractivity contribution < 1.29 is 9.47 Å². The van der Waals surface area contributed by atoms with Crippen molar-refractivity contribution in [2.75, 3.05) is 31.9 Å². The average Bonchev–Trinajstić information content (AvgIpc) is 2.65. The van der Waals surface area contributed by atoms with Gasteiger partial charge in [-0.15, -0.1) is 0 Å². The first kappa shape index (κ1) is 15.9. The molecule has 0 atom stereocenters. The van der Waals surface area contributed by atoms with E-state index in [9.17, 15) is 0 Å². The number of pyridine rings is 1. The maximum Gasteiger partial charge on any atom is 0.134 e. The van der Waals surface area contributed by atoms with E-state index in [1.165, 1.54) is 0 Å². The Bertz CT molecular complexity index is 849. The minimum Gasteiger partial charge on any atom is -0.497 e. The summed E-state index contributed by atoms with van der Waals surface area (Å²) in [6.07, 6.45) is 1.82. The third-order valence-electron chi connectivity index (χ3n) is 4.02. The van der Waals surface area contributed by atoms with E-state index in [1.54, 1.807) is 14.2 Å². The van der Waals surface area contributed by atoms with Crippen LogP contribution >= 0.6 is 0 Å². The third-order valence-corrected chi connectivity index (χ3v) is 4.02. The molecule has 5 nitrogen and oxygen atoms in total. The van der Waals surface area contributed by atoms with Crippen LogP contribution in [0.2, 0.25) is 0 Å². The molecule has 0 aliphatic heterocycles. The fraction of sp³-hybridized carbons (Fsp3) is 0.211. The van der Waals surface area contributed by atoms with E-state index in [2.05, 4.69) is 27.8 Å². The van der Waals surface area contributed by atoms with Crippen molar-refractivity contribution in [3.63, 3.8) is 0 Å². The van der Waals surface area contributed by atoms with E-state index in [1.807, 2.05) is 43.6 Å². The number of methoxy groups -OCH3 is 2. The summed E-state index contributed by atoms with van der Waals surface area (Å²) in [7, 11) is 5.23. The highest BCUT2D eigenvalue weighted by Gasteiger charge is 2.08. The summed E-state index contributed by atoms with van der Waals surface area (Å²) in [5.74, 6) is 2.41. The molecule has 0 saturated carbocycles. The number of nitrogens with one attached hydrogen (secondary N) is 2.